The maximum atomic E-state index is 13.3. The van der Waals surface area contributed by atoms with E-state index in [1.54, 1.807) is 6.08 Å². The van der Waals surface area contributed by atoms with Crippen LogP contribution < -0.4 is 5.32 Å². The summed E-state index contributed by atoms with van der Waals surface area (Å²) >= 11 is 0. The maximum absolute atomic E-state index is 13.3. The number of amides is 1. The fourth-order valence-electron chi connectivity index (χ4n) is 10.4. The summed E-state index contributed by atoms with van der Waals surface area (Å²) in [6, 6.07) is -1.000. The quantitative estimate of drug-likeness (QED) is 0.0236. The van der Waals surface area contributed by atoms with E-state index in [2.05, 4.69) is 55.6 Å². The Hall–Kier alpha value is -2.25. The van der Waals surface area contributed by atoms with Crippen LogP contribution in [0.4, 0.5) is 0 Å². The molecule has 3 fully saturated rings. The average molecular weight is 1160 g/mol. The van der Waals surface area contributed by atoms with Gasteiger partial charge in [-0.3, -0.25) is 4.79 Å². The molecular weight excluding hydrogens is 1050 g/mol. The van der Waals surface area contributed by atoms with Gasteiger partial charge in [0.15, 0.2) is 18.9 Å². The summed E-state index contributed by atoms with van der Waals surface area (Å²) < 4.78 is 34.2. The summed E-state index contributed by atoms with van der Waals surface area (Å²) in [4.78, 5) is 13.3. The van der Waals surface area contributed by atoms with Crippen LogP contribution in [0.2, 0.25) is 0 Å². The molecule has 12 N–H and O–H groups in total. The first-order chi connectivity index (χ1) is 39.3. The van der Waals surface area contributed by atoms with Crippen LogP contribution in [0.5, 0.6) is 0 Å². The summed E-state index contributed by atoms with van der Waals surface area (Å²) in [5, 5.41) is 120. The number of carbonyl (C=O) groups is 1. The van der Waals surface area contributed by atoms with E-state index in [4.69, 9.17) is 28.4 Å². The largest absolute Gasteiger partial charge is 0.394 e. The highest BCUT2D eigenvalue weighted by atomic mass is 16.8. The number of hydrogen-bond donors (Lipinski definition) is 12. The SMILES string of the molecule is CCCCC/C=C\CCCCCCCC(=O)NC(COC1OC(CO)C(OC2OC(CO)C(OC3OC(CO)C(O)C(O)C3O)C(O)C2O)C(O)C1O)C(O)/C=C/CC/C=C/CC/C=C/CCCCCCCCCCCCCCCC. The molecule has 3 saturated heterocycles. The number of nitrogens with one attached hydrogen (secondary N) is 1. The van der Waals surface area contributed by atoms with E-state index < -0.39 is 124 Å². The molecule has 3 aliphatic heterocycles. The van der Waals surface area contributed by atoms with Gasteiger partial charge in [0.2, 0.25) is 5.91 Å². The summed E-state index contributed by atoms with van der Waals surface area (Å²) in [6.07, 6.45) is 23.9. The van der Waals surface area contributed by atoms with Crippen molar-refractivity contribution in [3.05, 3.63) is 48.6 Å². The van der Waals surface area contributed by atoms with E-state index in [9.17, 15) is 61.0 Å². The minimum Gasteiger partial charge on any atom is -0.394 e. The molecule has 3 heterocycles. The second-order valence-corrected chi connectivity index (χ2v) is 22.5. The zero-order chi connectivity index (χ0) is 59.0. The normalized spacial score (nSPS) is 30.1. The van der Waals surface area contributed by atoms with Crippen molar-refractivity contribution in [3.8, 4) is 0 Å². The lowest BCUT2D eigenvalue weighted by molar-refractivity contribution is -0.379. The van der Waals surface area contributed by atoms with Gasteiger partial charge in [-0.05, 0) is 70.6 Å². The van der Waals surface area contributed by atoms with Crippen molar-refractivity contribution >= 4 is 5.91 Å². The molecule has 0 aliphatic carbocycles. The third kappa shape index (κ3) is 28.7. The highest BCUT2D eigenvalue weighted by molar-refractivity contribution is 5.76. The van der Waals surface area contributed by atoms with Crippen LogP contribution in [0.25, 0.3) is 0 Å². The Balaban J connectivity index is 1.49. The van der Waals surface area contributed by atoms with Crippen molar-refractivity contribution in [1.82, 2.24) is 5.32 Å². The van der Waals surface area contributed by atoms with Gasteiger partial charge >= 0.3 is 0 Å². The first-order valence-electron chi connectivity index (χ1n) is 31.4. The second-order valence-electron chi connectivity index (χ2n) is 22.5. The molecule has 0 aromatic carbocycles. The molecule has 3 aliphatic rings. The molecule has 17 atom stereocenters. The first-order valence-corrected chi connectivity index (χ1v) is 31.4. The minimum absolute atomic E-state index is 0.220. The van der Waals surface area contributed by atoms with Crippen LogP contribution in [-0.2, 0) is 33.2 Å². The predicted molar refractivity (Wildman–Crippen MR) is 309 cm³/mol. The van der Waals surface area contributed by atoms with E-state index >= 15 is 0 Å². The number of hydrogen-bond acceptors (Lipinski definition) is 18. The Morgan fingerprint density at radius 3 is 1.26 bits per heavy atom. The molecule has 19 nitrogen and oxygen atoms in total. The van der Waals surface area contributed by atoms with Gasteiger partial charge in [0.05, 0.1) is 38.6 Å². The Kier molecular flexibility index (Phi) is 40.7. The standard InChI is InChI=1S/C62H111NO18/c1-3-5-7-9-11-13-15-17-18-19-20-21-22-23-24-25-26-27-28-29-31-33-35-37-39-46(67)45(63-50(68)40-38-36-34-32-30-16-14-12-10-8-6-4-2)44-76-60-56(74)53(71)58(48(42-65)78-60)81-62-57(75)54(72)59(49(43-66)79-62)80-61-55(73)52(70)51(69)47(41-64)77-61/h12,14,25-26,29,31,37,39,45-49,51-62,64-67,69-75H,3-11,13,15-24,27-28,30,32-36,38,40-44H2,1-2H3,(H,63,68)/b14-12-,26-25+,31-29+,39-37+. The molecular formula is C62H111NO18. The van der Waals surface area contributed by atoms with Crippen molar-refractivity contribution in [1.29, 1.82) is 0 Å². The van der Waals surface area contributed by atoms with Gasteiger partial charge in [-0.25, -0.2) is 0 Å². The zero-order valence-electron chi connectivity index (χ0n) is 49.3. The van der Waals surface area contributed by atoms with Gasteiger partial charge in [-0.15, -0.1) is 0 Å². The lowest BCUT2D eigenvalue weighted by atomic mass is 9.96. The zero-order valence-corrected chi connectivity index (χ0v) is 49.3. The third-order valence-corrected chi connectivity index (χ3v) is 15.6. The van der Waals surface area contributed by atoms with Crippen molar-refractivity contribution in [2.45, 2.75) is 311 Å². The molecule has 0 aromatic rings. The number of allylic oxidation sites excluding steroid dienone is 7. The average Bonchev–Trinajstić information content (AvgIpc) is 3.46. The number of unbranched alkanes of at least 4 members (excludes halogenated alkanes) is 24. The van der Waals surface area contributed by atoms with Gasteiger partial charge in [0, 0.05) is 6.42 Å². The Morgan fingerprint density at radius 2 is 0.790 bits per heavy atom. The monoisotopic (exact) mass is 1160 g/mol. The fraction of sp³-hybridized carbons (Fsp3) is 0.855. The van der Waals surface area contributed by atoms with Crippen molar-refractivity contribution in [2.24, 2.45) is 0 Å². The first kappa shape index (κ1) is 73.0. The maximum Gasteiger partial charge on any atom is 0.220 e. The molecule has 0 saturated carbocycles. The molecule has 17 unspecified atom stereocenters. The Bertz CT molecular complexity index is 1670. The Morgan fingerprint density at radius 1 is 0.432 bits per heavy atom. The molecule has 0 radical (unpaired) electrons. The van der Waals surface area contributed by atoms with E-state index in [1.165, 1.54) is 109 Å². The van der Waals surface area contributed by atoms with Crippen LogP contribution in [0.15, 0.2) is 48.6 Å². The number of aliphatic hydroxyl groups excluding tert-OH is 11. The van der Waals surface area contributed by atoms with E-state index in [0.29, 0.717) is 12.8 Å². The summed E-state index contributed by atoms with van der Waals surface area (Å²) in [5.41, 5.74) is 0. The lowest BCUT2D eigenvalue weighted by Crippen LogP contribution is -2.66. The second kappa shape index (κ2) is 45.1. The van der Waals surface area contributed by atoms with Crippen molar-refractivity contribution < 1.29 is 89.4 Å². The molecule has 0 bridgehead atoms. The molecule has 472 valence electrons. The van der Waals surface area contributed by atoms with Crippen LogP contribution >= 0.6 is 0 Å². The van der Waals surface area contributed by atoms with Crippen molar-refractivity contribution in [3.63, 3.8) is 0 Å². The molecule has 0 spiro atoms. The summed E-state index contributed by atoms with van der Waals surface area (Å²) in [6.45, 7) is 1.66. The molecule has 19 heteroatoms. The molecule has 81 heavy (non-hydrogen) atoms. The highest BCUT2D eigenvalue weighted by Crippen LogP contribution is 2.33. The van der Waals surface area contributed by atoms with Gasteiger partial charge in [0.25, 0.3) is 0 Å². The number of ether oxygens (including phenoxy) is 6. The van der Waals surface area contributed by atoms with Gasteiger partial charge in [-0.2, -0.15) is 0 Å². The third-order valence-electron chi connectivity index (χ3n) is 15.6. The summed E-state index contributed by atoms with van der Waals surface area (Å²) in [5.74, 6) is -0.301. The predicted octanol–water partition coefficient (Wildman–Crippen LogP) is 6.26. The minimum atomic E-state index is -1.98. The van der Waals surface area contributed by atoms with E-state index in [1.807, 2.05) is 6.08 Å². The van der Waals surface area contributed by atoms with Crippen LogP contribution in [-0.4, -0.2) is 193 Å². The summed E-state index contributed by atoms with van der Waals surface area (Å²) in [7, 11) is 0. The van der Waals surface area contributed by atoms with Crippen LogP contribution in [0.1, 0.15) is 206 Å². The highest BCUT2D eigenvalue weighted by Gasteiger charge is 2.53. The van der Waals surface area contributed by atoms with Gasteiger partial charge in [-0.1, -0.05) is 178 Å². The fourth-order valence-corrected chi connectivity index (χ4v) is 10.4. The number of rotatable bonds is 46. The van der Waals surface area contributed by atoms with Gasteiger partial charge < -0.3 is 89.9 Å². The number of aliphatic hydroxyl groups is 11. The lowest BCUT2D eigenvalue weighted by Gasteiger charge is -2.48. The van der Waals surface area contributed by atoms with E-state index in [0.717, 1.165) is 64.2 Å². The molecule has 0 aromatic heterocycles. The van der Waals surface area contributed by atoms with E-state index in [-0.39, 0.29) is 18.9 Å². The smallest absolute Gasteiger partial charge is 0.220 e. The van der Waals surface area contributed by atoms with Crippen molar-refractivity contribution in [2.75, 3.05) is 26.4 Å². The van der Waals surface area contributed by atoms with Crippen LogP contribution in [0.3, 0.4) is 0 Å². The molecule has 3 rings (SSSR count). The Labute approximate surface area is 484 Å². The molecule has 1 amide bonds. The number of carbonyl (C=O) groups excluding carboxylic acids is 1. The topological polar surface area (TPSA) is 307 Å². The van der Waals surface area contributed by atoms with Crippen LogP contribution in [0, 0.1) is 0 Å². The van der Waals surface area contributed by atoms with Gasteiger partial charge in [0.1, 0.15) is 73.2 Å².